The molecule has 190 valence electrons. The molecule has 0 amide bonds. The summed E-state index contributed by atoms with van der Waals surface area (Å²) >= 11 is 5.87. The number of hydrogen-bond acceptors (Lipinski definition) is 14. The fraction of sp³-hybridized carbons (Fsp3) is 1.00. The lowest BCUT2D eigenvalue weighted by atomic mass is 9.96. The minimum Gasteiger partial charge on any atom is -0.394 e. The molecule has 0 aliphatic carbocycles. The van der Waals surface area contributed by atoms with E-state index in [9.17, 15) is 35.7 Å². The second kappa shape index (κ2) is 13.9. The topological polar surface area (TPSA) is 182 Å². The van der Waals surface area contributed by atoms with Crippen molar-refractivity contribution < 1.29 is 54.8 Å². The molecule has 10 atom stereocenters. The molecule has 2 rings (SSSR count). The maximum absolute atomic E-state index is 10.7. The molecule has 2 saturated heterocycles. The molecule has 32 heavy (non-hydrogen) atoms. The first-order valence-electron chi connectivity index (χ1n) is 10.4. The fourth-order valence-corrected chi connectivity index (χ4v) is 4.67. The first-order chi connectivity index (χ1) is 15.3. The van der Waals surface area contributed by atoms with Crippen molar-refractivity contribution in [1.29, 1.82) is 0 Å². The Labute approximate surface area is 196 Å². The van der Waals surface area contributed by atoms with Crippen LogP contribution in [0.3, 0.4) is 0 Å². The summed E-state index contributed by atoms with van der Waals surface area (Å²) in [5.41, 5.74) is 0. The summed E-state index contributed by atoms with van der Waals surface area (Å²) in [5, 5.41) is 71.8. The fourth-order valence-electron chi connectivity index (χ4n) is 3.62. The lowest BCUT2D eigenvalue weighted by molar-refractivity contribution is -0.366. The van der Waals surface area contributed by atoms with Crippen LogP contribution in [-0.4, -0.2) is 146 Å². The first kappa shape index (κ1) is 28.5. The average molecular weight is 506 g/mol. The van der Waals surface area contributed by atoms with Gasteiger partial charge in [-0.2, -0.15) is 29.5 Å². The van der Waals surface area contributed by atoms with Gasteiger partial charge in [-0.1, -0.05) is 0 Å². The summed E-state index contributed by atoms with van der Waals surface area (Å²) in [4.78, 5) is 5.30. The number of nitrogens with zero attached hydrogens (tertiary/aromatic N) is 1. The van der Waals surface area contributed by atoms with Gasteiger partial charge in [0, 0.05) is 12.3 Å². The average Bonchev–Trinajstić information content (AvgIpc) is 2.80. The number of aliphatic hydroxyl groups excluding tert-OH is 7. The highest BCUT2D eigenvalue weighted by molar-refractivity contribution is 7.99. The van der Waals surface area contributed by atoms with Gasteiger partial charge in [-0.25, -0.2) is 0 Å². The van der Waals surface area contributed by atoms with Crippen LogP contribution in [0.1, 0.15) is 6.42 Å². The van der Waals surface area contributed by atoms with Crippen LogP contribution < -0.4 is 0 Å². The first-order valence-corrected chi connectivity index (χ1v) is 12.2. The normalized spacial score (nSPS) is 40.7. The molecule has 2 fully saturated rings. The van der Waals surface area contributed by atoms with Crippen molar-refractivity contribution >= 4 is 24.4 Å². The van der Waals surface area contributed by atoms with E-state index in [1.807, 2.05) is 0 Å². The summed E-state index contributed by atoms with van der Waals surface area (Å²) in [6.45, 7) is -0.865. The van der Waals surface area contributed by atoms with E-state index in [1.165, 1.54) is 12.2 Å². The van der Waals surface area contributed by atoms with E-state index in [2.05, 4.69) is 12.6 Å². The standard InChI is InChI=1S/C18H35NO11S2/c1-27-19(3-2-5-32-6-4-31)17-14(25)13(24)16(10(8-21)28-17)30-18-15(26)12(23)11(22)9(7-20)29-18/h9-18,20-26,31H,2-8H2,1H3/t9?,10?,11-,12?,13?,14+,15?,16+,17+,18-/m0/s1. The smallest absolute Gasteiger partial charge is 0.187 e. The lowest BCUT2D eigenvalue weighted by Gasteiger charge is -2.47. The largest absolute Gasteiger partial charge is 0.394 e. The monoisotopic (exact) mass is 505 g/mol. The Bertz CT molecular complexity index is 535. The lowest BCUT2D eigenvalue weighted by Crippen LogP contribution is -2.66. The van der Waals surface area contributed by atoms with Crippen LogP contribution in [0.15, 0.2) is 0 Å². The Morgan fingerprint density at radius 1 is 0.875 bits per heavy atom. The summed E-state index contributed by atoms with van der Waals surface area (Å²) < 4.78 is 16.6. The van der Waals surface area contributed by atoms with Gasteiger partial charge >= 0.3 is 0 Å². The van der Waals surface area contributed by atoms with E-state index in [1.54, 1.807) is 11.8 Å². The summed E-state index contributed by atoms with van der Waals surface area (Å²) in [6.07, 6.45) is -13.7. The van der Waals surface area contributed by atoms with Gasteiger partial charge in [-0.15, -0.1) is 0 Å². The molecule has 0 aromatic carbocycles. The quantitative estimate of drug-likeness (QED) is 0.0745. The van der Waals surface area contributed by atoms with Crippen LogP contribution in [0.5, 0.6) is 0 Å². The Kier molecular flexibility index (Phi) is 12.4. The maximum Gasteiger partial charge on any atom is 0.187 e. The number of hydroxylamine groups is 2. The van der Waals surface area contributed by atoms with Crippen molar-refractivity contribution in [3.05, 3.63) is 0 Å². The molecule has 0 radical (unpaired) electrons. The molecule has 5 unspecified atom stereocenters. The molecule has 0 bridgehead atoms. The molecular weight excluding hydrogens is 470 g/mol. The third kappa shape index (κ3) is 6.88. The number of aliphatic hydroxyl groups is 7. The molecule has 0 spiro atoms. The van der Waals surface area contributed by atoms with Gasteiger partial charge in [0.15, 0.2) is 12.5 Å². The van der Waals surface area contributed by atoms with Crippen molar-refractivity contribution in [2.24, 2.45) is 0 Å². The van der Waals surface area contributed by atoms with Crippen molar-refractivity contribution in [2.75, 3.05) is 44.1 Å². The highest BCUT2D eigenvalue weighted by atomic mass is 32.2. The molecule has 0 aromatic heterocycles. The van der Waals surface area contributed by atoms with Crippen LogP contribution in [-0.2, 0) is 19.0 Å². The highest BCUT2D eigenvalue weighted by Crippen LogP contribution is 2.30. The van der Waals surface area contributed by atoms with Crippen molar-refractivity contribution in [3.63, 3.8) is 0 Å². The van der Waals surface area contributed by atoms with Gasteiger partial charge in [0.05, 0.1) is 20.3 Å². The molecular formula is C18H35NO11S2. The highest BCUT2D eigenvalue weighted by Gasteiger charge is 2.51. The zero-order valence-electron chi connectivity index (χ0n) is 17.8. The van der Waals surface area contributed by atoms with E-state index in [0.717, 1.165) is 17.3 Å². The second-order valence-electron chi connectivity index (χ2n) is 7.54. The second-order valence-corrected chi connectivity index (χ2v) is 9.21. The minimum absolute atomic E-state index is 0.390. The number of ether oxygens (including phenoxy) is 3. The van der Waals surface area contributed by atoms with Gasteiger partial charge in [0.1, 0.15) is 48.8 Å². The van der Waals surface area contributed by atoms with Crippen LogP contribution in [0, 0.1) is 0 Å². The van der Waals surface area contributed by atoms with Crippen LogP contribution in [0.25, 0.3) is 0 Å². The number of thiol groups is 1. The van der Waals surface area contributed by atoms with Gasteiger partial charge in [-0.05, 0) is 17.9 Å². The van der Waals surface area contributed by atoms with Crippen molar-refractivity contribution in [3.8, 4) is 0 Å². The molecule has 2 heterocycles. The van der Waals surface area contributed by atoms with Gasteiger partial charge in [0.25, 0.3) is 0 Å². The zero-order valence-corrected chi connectivity index (χ0v) is 19.5. The molecule has 2 aliphatic heterocycles. The molecule has 14 heteroatoms. The Morgan fingerprint density at radius 2 is 1.56 bits per heavy atom. The third-order valence-electron chi connectivity index (χ3n) is 5.40. The number of hydrogen-bond donors (Lipinski definition) is 8. The number of thioether (sulfide) groups is 1. The predicted octanol–water partition coefficient (Wildman–Crippen LogP) is -3.47. The Hall–Kier alpha value is 0.220. The van der Waals surface area contributed by atoms with Crippen LogP contribution >= 0.6 is 24.4 Å². The summed E-state index contributed by atoms with van der Waals surface area (Å²) in [7, 11) is 1.40. The van der Waals surface area contributed by atoms with Gasteiger partial charge in [-0.3, -0.25) is 4.84 Å². The molecule has 0 saturated carbocycles. The van der Waals surface area contributed by atoms with E-state index in [4.69, 9.17) is 19.0 Å². The number of rotatable bonds is 12. The predicted molar refractivity (Wildman–Crippen MR) is 116 cm³/mol. The maximum atomic E-state index is 10.7. The minimum atomic E-state index is -1.71. The third-order valence-corrected chi connectivity index (χ3v) is 7.00. The van der Waals surface area contributed by atoms with E-state index < -0.39 is 74.6 Å². The van der Waals surface area contributed by atoms with E-state index >= 15 is 0 Å². The molecule has 7 N–H and O–H groups in total. The molecule has 2 aliphatic rings. The van der Waals surface area contributed by atoms with Crippen molar-refractivity contribution in [1.82, 2.24) is 5.06 Å². The summed E-state index contributed by atoms with van der Waals surface area (Å²) in [6, 6.07) is 0. The Morgan fingerprint density at radius 3 is 2.16 bits per heavy atom. The van der Waals surface area contributed by atoms with E-state index in [0.29, 0.717) is 13.0 Å². The van der Waals surface area contributed by atoms with Gasteiger partial charge in [0.2, 0.25) is 0 Å². The SMILES string of the molecule is CON(CCCSCCS)[C@@H]1OC(CO)[C@@H](O[C@@H]2OC(CO)[C@H](O)C(O)C2O)C(O)[C@H]1O. The van der Waals surface area contributed by atoms with Crippen molar-refractivity contribution in [2.45, 2.75) is 67.8 Å². The molecule has 12 nitrogen and oxygen atoms in total. The zero-order chi connectivity index (χ0) is 23.8. The van der Waals surface area contributed by atoms with Crippen LogP contribution in [0.2, 0.25) is 0 Å². The van der Waals surface area contributed by atoms with E-state index in [-0.39, 0.29) is 0 Å². The Balaban J connectivity index is 2.04. The van der Waals surface area contributed by atoms with Gasteiger partial charge < -0.3 is 50.0 Å². The summed E-state index contributed by atoms with van der Waals surface area (Å²) in [5.74, 6) is 2.50. The van der Waals surface area contributed by atoms with Crippen LogP contribution in [0.4, 0.5) is 0 Å². The molecule has 0 aromatic rings.